The molecule has 2 heterocycles. The maximum atomic E-state index is 11.8. The van der Waals surface area contributed by atoms with Crippen LogP contribution in [0.5, 0.6) is 5.75 Å². The van der Waals surface area contributed by atoms with Crippen LogP contribution in [0.15, 0.2) is 41.5 Å². The van der Waals surface area contributed by atoms with Crippen molar-refractivity contribution in [3.05, 3.63) is 58.3 Å². The zero-order valence-electron chi connectivity index (χ0n) is 11.1. The lowest BCUT2D eigenvalue weighted by molar-refractivity contribution is 0.0949. The van der Waals surface area contributed by atoms with Crippen LogP contribution in [-0.4, -0.2) is 29.5 Å². The van der Waals surface area contributed by atoms with Crippen molar-refractivity contribution in [2.24, 2.45) is 0 Å². The van der Waals surface area contributed by atoms with E-state index in [1.165, 1.54) is 19.4 Å². The molecular weight excluding hydrogens is 258 g/mol. The van der Waals surface area contributed by atoms with Gasteiger partial charge in [-0.05, 0) is 12.1 Å². The molecule has 20 heavy (non-hydrogen) atoms. The molecule has 6 nitrogen and oxygen atoms in total. The van der Waals surface area contributed by atoms with E-state index in [1.54, 1.807) is 6.20 Å². The van der Waals surface area contributed by atoms with Crippen LogP contribution in [0.4, 0.5) is 0 Å². The topological polar surface area (TPSA) is 84.1 Å². The molecule has 0 radical (unpaired) electrons. The minimum absolute atomic E-state index is 0.176. The van der Waals surface area contributed by atoms with Gasteiger partial charge in [-0.1, -0.05) is 6.07 Å². The van der Waals surface area contributed by atoms with Gasteiger partial charge >= 0.3 is 0 Å². The Labute approximate surface area is 115 Å². The Morgan fingerprint density at radius 2 is 2.30 bits per heavy atom. The quantitative estimate of drug-likeness (QED) is 0.842. The average Bonchev–Trinajstić information content (AvgIpc) is 2.48. The number of amides is 1. The van der Waals surface area contributed by atoms with Crippen molar-refractivity contribution in [2.75, 3.05) is 13.7 Å². The van der Waals surface area contributed by atoms with Crippen LogP contribution in [0.3, 0.4) is 0 Å². The summed E-state index contributed by atoms with van der Waals surface area (Å²) in [4.78, 5) is 30.3. The number of hydrogen-bond acceptors (Lipinski definition) is 4. The fraction of sp³-hybridized carbons (Fsp3) is 0.214. The van der Waals surface area contributed by atoms with Crippen LogP contribution < -0.4 is 15.5 Å². The van der Waals surface area contributed by atoms with Crippen molar-refractivity contribution in [3.63, 3.8) is 0 Å². The highest BCUT2D eigenvalue weighted by Crippen LogP contribution is 2.00. The first-order valence-electron chi connectivity index (χ1n) is 6.15. The van der Waals surface area contributed by atoms with E-state index in [2.05, 4.69) is 15.3 Å². The van der Waals surface area contributed by atoms with Gasteiger partial charge in [0.2, 0.25) is 5.43 Å². The molecule has 0 unspecified atom stereocenters. The normalized spacial score (nSPS) is 10.1. The molecule has 0 saturated carbocycles. The van der Waals surface area contributed by atoms with Crippen LogP contribution >= 0.6 is 0 Å². The molecule has 2 N–H and O–H groups in total. The number of rotatable bonds is 5. The van der Waals surface area contributed by atoms with Gasteiger partial charge in [-0.15, -0.1) is 0 Å². The van der Waals surface area contributed by atoms with Crippen LogP contribution in [-0.2, 0) is 6.42 Å². The Hall–Kier alpha value is -2.63. The number of nitrogens with one attached hydrogen (secondary N) is 2. The van der Waals surface area contributed by atoms with Crippen LogP contribution in [0.2, 0.25) is 0 Å². The van der Waals surface area contributed by atoms with E-state index in [4.69, 9.17) is 4.74 Å². The lowest BCUT2D eigenvalue weighted by Crippen LogP contribution is -2.27. The summed E-state index contributed by atoms with van der Waals surface area (Å²) in [5.41, 5.74) is 0.772. The smallest absolute Gasteiger partial charge is 0.267 e. The Bertz CT molecular complexity index is 638. The zero-order valence-corrected chi connectivity index (χ0v) is 11.1. The number of H-pyrrole nitrogens is 1. The predicted molar refractivity (Wildman–Crippen MR) is 73.9 cm³/mol. The van der Waals surface area contributed by atoms with E-state index < -0.39 is 0 Å². The third-order valence-electron chi connectivity index (χ3n) is 2.73. The standard InChI is InChI=1S/C14H15N3O3/c1-20-13-9-17-11(8-12(13)18)14(19)16-7-5-10-4-2-3-6-15-10/h2-4,6,8-9H,5,7H2,1H3,(H,16,19)(H,17,18). The highest BCUT2D eigenvalue weighted by Gasteiger charge is 2.08. The lowest BCUT2D eigenvalue weighted by Gasteiger charge is -2.05. The molecule has 0 aliphatic heterocycles. The first kappa shape index (κ1) is 13.8. The van der Waals surface area contributed by atoms with Crippen molar-refractivity contribution in [1.82, 2.24) is 15.3 Å². The third kappa shape index (κ3) is 3.44. The van der Waals surface area contributed by atoms with Crippen molar-refractivity contribution >= 4 is 5.91 Å². The molecule has 0 aliphatic rings. The molecule has 2 aromatic heterocycles. The summed E-state index contributed by atoms with van der Waals surface area (Å²) in [7, 11) is 1.40. The summed E-state index contributed by atoms with van der Waals surface area (Å²) >= 11 is 0. The number of carbonyl (C=O) groups is 1. The predicted octanol–water partition coefficient (Wildman–Crippen LogP) is 0.751. The van der Waals surface area contributed by atoms with Crippen LogP contribution in [0, 0.1) is 0 Å². The summed E-state index contributed by atoms with van der Waals surface area (Å²) in [5, 5.41) is 2.72. The van der Waals surface area contributed by atoms with Gasteiger partial charge in [-0.3, -0.25) is 14.6 Å². The van der Waals surface area contributed by atoms with E-state index >= 15 is 0 Å². The SMILES string of the molecule is COc1c[nH]c(C(=O)NCCc2ccccn2)cc1=O. The zero-order chi connectivity index (χ0) is 14.4. The molecule has 1 amide bonds. The van der Waals surface area contributed by atoms with Gasteiger partial charge in [0.15, 0.2) is 5.75 Å². The Kier molecular flexibility index (Phi) is 4.49. The van der Waals surface area contributed by atoms with Gasteiger partial charge < -0.3 is 15.0 Å². The molecule has 104 valence electrons. The van der Waals surface area contributed by atoms with Gasteiger partial charge in [0.1, 0.15) is 5.69 Å². The second-order valence-electron chi connectivity index (χ2n) is 4.11. The highest BCUT2D eigenvalue weighted by molar-refractivity contribution is 5.92. The van der Waals surface area contributed by atoms with Crippen molar-refractivity contribution in [1.29, 1.82) is 0 Å². The number of aromatic amines is 1. The molecule has 0 aromatic carbocycles. The molecule has 0 atom stereocenters. The number of ether oxygens (including phenoxy) is 1. The van der Waals surface area contributed by atoms with Gasteiger partial charge in [-0.2, -0.15) is 0 Å². The number of nitrogens with zero attached hydrogens (tertiary/aromatic N) is 1. The second-order valence-corrected chi connectivity index (χ2v) is 4.11. The third-order valence-corrected chi connectivity index (χ3v) is 2.73. The molecular formula is C14H15N3O3. The summed E-state index contributed by atoms with van der Waals surface area (Å²) in [6.07, 6.45) is 3.71. The van der Waals surface area contributed by atoms with Crippen LogP contribution in [0.1, 0.15) is 16.2 Å². The van der Waals surface area contributed by atoms with Gasteiger partial charge in [0, 0.05) is 37.1 Å². The maximum absolute atomic E-state index is 11.8. The second kappa shape index (κ2) is 6.51. The Morgan fingerprint density at radius 3 is 2.95 bits per heavy atom. The Balaban J connectivity index is 1.92. The fourth-order valence-electron chi connectivity index (χ4n) is 1.69. The fourth-order valence-corrected chi connectivity index (χ4v) is 1.69. The number of hydrogen-bond donors (Lipinski definition) is 2. The molecule has 2 aromatic rings. The summed E-state index contributed by atoms with van der Waals surface area (Å²) in [5.74, 6) is -0.157. The van der Waals surface area contributed by atoms with E-state index in [0.29, 0.717) is 13.0 Å². The minimum atomic E-state index is -0.333. The monoisotopic (exact) mass is 273 g/mol. The Morgan fingerprint density at radius 1 is 1.45 bits per heavy atom. The maximum Gasteiger partial charge on any atom is 0.267 e. The summed E-state index contributed by atoms with van der Waals surface area (Å²) < 4.78 is 4.83. The average molecular weight is 273 g/mol. The van der Waals surface area contributed by atoms with E-state index in [-0.39, 0.29) is 22.8 Å². The number of aromatic nitrogens is 2. The largest absolute Gasteiger partial charge is 0.491 e. The molecule has 0 fully saturated rings. The minimum Gasteiger partial charge on any atom is -0.491 e. The van der Waals surface area contributed by atoms with E-state index in [1.807, 2.05) is 18.2 Å². The molecule has 0 saturated heterocycles. The molecule has 6 heteroatoms. The van der Waals surface area contributed by atoms with Crippen molar-refractivity contribution < 1.29 is 9.53 Å². The van der Waals surface area contributed by atoms with E-state index in [0.717, 1.165) is 5.69 Å². The van der Waals surface area contributed by atoms with Gasteiger partial charge in [-0.25, -0.2) is 0 Å². The molecule has 0 spiro atoms. The molecule has 0 aliphatic carbocycles. The highest BCUT2D eigenvalue weighted by atomic mass is 16.5. The number of carbonyl (C=O) groups excluding carboxylic acids is 1. The van der Waals surface area contributed by atoms with Crippen molar-refractivity contribution in [3.8, 4) is 5.75 Å². The van der Waals surface area contributed by atoms with E-state index in [9.17, 15) is 9.59 Å². The molecule has 2 rings (SSSR count). The number of methoxy groups -OCH3 is 1. The summed E-state index contributed by atoms with van der Waals surface area (Å²) in [6.45, 7) is 0.448. The lowest BCUT2D eigenvalue weighted by atomic mass is 10.2. The van der Waals surface area contributed by atoms with Crippen molar-refractivity contribution in [2.45, 2.75) is 6.42 Å². The van der Waals surface area contributed by atoms with Gasteiger partial charge in [0.25, 0.3) is 5.91 Å². The van der Waals surface area contributed by atoms with Crippen LogP contribution in [0.25, 0.3) is 0 Å². The first-order valence-corrected chi connectivity index (χ1v) is 6.15. The van der Waals surface area contributed by atoms with Gasteiger partial charge in [0.05, 0.1) is 7.11 Å². The summed E-state index contributed by atoms with van der Waals surface area (Å²) in [6, 6.07) is 6.84. The first-order chi connectivity index (χ1) is 9.70. The number of pyridine rings is 2. The molecule has 0 bridgehead atoms.